The minimum absolute atomic E-state index is 0.0944. The molecule has 0 atom stereocenters. The minimum Gasteiger partial charge on any atom is -0.321 e. The maximum Gasteiger partial charge on any atom is 0.285 e. The molecule has 2 rings (SSSR count). The normalized spacial score (nSPS) is 10.2. The van der Waals surface area contributed by atoms with E-state index in [1.54, 1.807) is 17.5 Å². The standard InChI is InChI=1S/C11H6Br2N2O3S/c12-7-2-1-6(5-9(7)15(17)18)14-11(16)10-8(13)3-4-19-10/h1-5H,(H,14,16). The molecule has 98 valence electrons. The number of anilines is 1. The van der Waals surface area contributed by atoms with Crippen LogP contribution in [-0.4, -0.2) is 10.8 Å². The number of hydrogen-bond donors (Lipinski definition) is 1. The van der Waals surface area contributed by atoms with Gasteiger partial charge in [-0.05, 0) is 55.4 Å². The van der Waals surface area contributed by atoms with Gasteiger partial charge in [0, 0.05) is 16.2 Å². The van der Waals surface area contributed by atoms with Crippen LogP contribution in [0.3, 0.4) is 0 Å². The number of carbonyl (C=O) groups is 1. The van der Waals surface area contributed by atoms with Crippen molar-refractivity contribution >= 4 is 60.5 Å². The predicted molar refractivity (Wildman–Crippen MR) is 80.8 cm³/mol. The highest BCUT2D eigenvalue weighted by Crippen LogP contribution is 2.29. The van der Waals surface area contributed by atoms with Gasteiger partial charge in [0.05, 0.1) is 9.40 Å². The molecule has 0 saturated heterocycles. The van der Waals surface area contributed by atoms with Crippen molar-refractivity contribution in [3.8, 4) is 0 Å². The Bertz CT molecular complexity index is 657. The van der Waals surface area contributed by atoms with Gasteiger partial charge in [0.15, 0.2) is 0 Å². The number of rotatable bonds is 3. The first-order valence-corrected chi connectivity index (χ1v) is 7.44. The van der Waals surface area contributed by atoms with E-state index in [1.807, 2.05) is 0 Å². The molecule has 1 amide bonds. The van der Waals surface area contributed by atoms with Crippen molar-refractivity contribution < 1.29 is 9.72 Å². The first-order chi connectivity index (χ1) is 8.99. The summed E-state index contributed by atoms with van der Waals surface area (Å²) in [6.07, 6.45) is 0. The minimum atomic E-state index is -0.513. The predicted octanol–water partition coefficient (Wildman–Crippen LogP) is 4.43. The van der Waals surface area contributed by atoms with E-state index < -0.39 is 4.92 Å². The number of amides is 1. The third kappa shape index (κ3) is 3.20. The van der Waals surface area contributed by atoms with Gasteiger partial charge in [0.1, 0.15) is 4.88 Å². The Labute approximate surface area is 129 Å². The van der Waals surface area contributed by atoms with Gasteiger partial charge in [-0.2, -0.15) is 0 Å². The van der Waals surface area contributed by atoms with Crippen molar-refractivity contribution in [3.05, 3.63) is 53.6 Å². The van der Waals surface area contributed by atoms with E-state index in [9.17, 15) is 14.9 Å². The van der Waals surface area contributed by atoms with Crippen LogP contribution in [0.15, 0.2) is 38.6 Å². The van der Waals surface area contributed by atoms with Crippen LogP contribution in [0.2, 0.25) is 0 Å². The van der Waals surface area contributed by atoms with E-state index >= 15 is 0 Å². The third-order valence-electron chi connectivity index (χ3n) is 2.22. The van der Waals surface area contributed by atoms with Gasteiger partial charge < -0.3 is 5.32 Å². The van der Waals surface area contributed by atoms with Crippen molar-refractivity contribution in [1.29, 1.82) is 0 Å². The Kier molecular flexibility index (Phi) is 4.33. The molecule has 2 aromatic rings. The highest BCUT2D eigenvalue weighted by atomic mass is 79.9. The van der Waals surface area contributed by atoms with Gasteiger partial charge in [-0.25, -0.2) is 0 Å². The topological polar surface area (TPSA) is 72.2 Å². The summed E-state index contributed by atoms with van der Waals surface area (Å²) < 4.78 is 1.06. The van der Waals surface area contributed by atoms with Crippen LogP contribution < -0.4 is 5.32 Å². The van der Waals surface area contributed by atoms with Gasteiger partial charge in [0.2, 0.25) is 0 Å². The highest BCUT2D eigenvalue weighted by molar-refractivity contribution is 9.11. The Morgan fingerprint density at radius 3 is 2.58 bits per heavy atom. The number of carbonyl (C=O) groups excluding carboxylic acids is 1. The Hall–Kier alpha value is -1.25. The number of halogens is 2. The first kappa shape index (κ1) is 14.2. The lowest BCUT2D eigenvalue weighted by Gasteiger charge is -2.04. The average Bonchev–Trinajstić information content (AvgIpc) is 2.77. The van der Waals surface area contributed by atoms with E-state index in [0.29, 0.717) is 19.5 Å². The summed E-state index contributed by atoms with van der Waals surface area (Å²) in [6.45, 7) is 0. The van der Waals surface area contributed by atoms with Crippen LogP contribution in [0.4, 0.5) is 11.4 Å². The number of thiophene rings is 1. The number of hydrogen-bond acceptors (Lipinski definition) is 4. The number of nitrogens with one attached hydrogen (secondary N) is 1. The molecule has 0 unspecified atom stereocenters. The number of nitrogens with zero attached hydrogens (tertiary/aromatic N) is 1. The zero-order valence-electron chi connectivity index (χ0n) is 9.22. The summed E-state index contributed by atoms with van der Waals surface area (Å²) >= 11 is 7.64. The summed E-state index contributed by atoms with van der Waals surface area (Å²) in [5.74, 6) is -0.307. The summed E-state index contributed by atoms with van der Waals surface area (Å²) in [7, 11) is 0. The summed E-state index contributed by atoms with van der Waals surface area (Å²) in [5.41, 5.74) is 0.281. The molecular formula is C11H6Br2N2O3S. The Morgan fingerprint density at radius 1 is 1.26 bits per heavy atom. The molecule has 8 heteroatoms. The molecule has 0 bridgehead atoms. The van der Waals surface area contributed by atoms with Crippen molar-refractivity contribution in [2.45, 2.75) is 0 Å². The molecule has 0 saturated carbocycles. The van der Waals surface area contributed by atoms with Gasteiger partial charge in [0.25, 0.3) is 11.6 Å². The second kappa shape index (κ2) is 5.81. The van der Waals surface area contributed by atoms with E-state index in [-0.39, 0.29) is 11.6 Å². The fraction of sp³-hybridized carbons (Fsp3) is 0. The van der Waals surface area contributed by atoms with Gasteiger partial charge in [-0.15, -0.1) is 11.3 Å². The fourth-order valence-electron chi connectivity index (χ4n) is 1.37. The summed E-state index contributed by atoms with van der Waals surface area (Å²) in [4.78, 5) is 22.8. The molecule has 0 spiro atoms. The zero-order chi connectivity index (χ0) is 14.0. The van der Waals surface area contributed by atoms with E-state index in [4.69, 9.17) is 0 Å². The Balaban J connectivity index is 2.25. The monoisotopic (exact) mass is 404 g/mol. The second-order valence-electron chi connectivity index (χ2n) is 3.48. The molecule has 0 radical (unpaired) electrons. The average molecular weight is 406 g/mol. The molecule has 0 aliphatic carbocycles. The maximum atomic E-state index is 11.9. The van der Waals surface area contributed by atoms with E-state index in [1.165, 1.54) is 23.5 Å². The molecule has 1 N–H and O–H groups in total. The van der Waals surface area contributed by atoms with Crippen LogP contribution in [0.5, 0.6) is 0 Å². The SMILES string of the molecule is O=C(Nc1ccc(Br)c([N+](=O)[O-])c1)c1sccc1Br. The quantitative estimate of drug-likeness (QED) is 0.606. The molecule has 19 heavy (non-hydrogen) atoms. The summed E-state index contributed by atoms with van der Waals surface area (Å²) in [5, 5.41) is 15.2. The van der Waals surface area contributed by atoms with Crippen LogP contribution >= 0.6 is 43.2 Å². The molecule has 5 nitrogen and oxygen atoms in total. The number of nitro groups is 1. The fourth-order valence-corrected chi connectivity index (χ4v) is 3.21. The number of benzene rings is 1. The zero-order valence-corrected chi connectivity index (χ0v) is 13.2. The van der Waals surface area contributed by atoms with Crippen LogP contribution in [0.25, 0.3) is 0 Å². The van der Waals surface area contributed by atoms with Gasteiger partial charge in [-0.3, -0.25) is 14.9 Å². The van der Waals surface area contributed by atoms with Crippen LogP contribution in [-0.2, 0) is 0 Å². The van der Waals surface area contributed by atoms with E-state index in [2.05, 4.69) is 37.2 Å². The van der Waals surface area contributed by atoms with Crippen molar-refractivity contribution in [1.82, 2.24) is 0 Å². The smallest absolute Gasteiger partial charge is 0.285 e. The lowest BCUT2D eigenvalue weighted by molar-refractivity contribution is -0.385. The van der Waals surface area contributed by atoms with Crippen LogP contribution in [0.1, 0.15) is 9.67 Å². The van der Waals surface area contributed by atoms with Crippen molar-refractivity contribution in [3.63, 3.8) is 0 Å². The highest BCUT2D eigenvalue weighted by Gasteiger charge is 2.15. The van der Waals surface area contributed by atoms with Crippen LogP contribution in [0, 0.1) is 10.1 Å². The lowest BCUT2D eigenvalue weighted by Crippen LogP contribution is -2.10. The molecule has 1 aromatic heterocycles. The largest absolute Gasteiger partial charge is 0.321 e. The number of nitro benzene ring substituents is 1. The second-order valence-corrected chi connectivity index (χ2v) is 6.10. The molecule has 0 fully saturated rings. The third-order valence-corrected chi connectivity index (χ3v) is 4.73. The molecule has 0 aliphatic heterocycles. The molecule has 1 aromatic carbocycles. The van der Waals surface area contributed by atoms with Crippen molar-refractivity contribution in [2.75, 3.05) is 5.32 Å². The Morgan fingerprint density at radius 2 is 2.00 bits per heavy atom. The first-order valence-electron chi connectivity index (χ1n) is 4.97. The molecule has 1 heterocycles. The maximum absolute atomic E-state index is 11.9. The van der Waals surface area contributed by atoms with E-state index in [0.717, 1.165) is 0 Å². The molecular weight excluding hydrogens is 400 g/mol. The van der Waals surface area contributed by atoms with Crippen molar-refractivity contribution in [2.24, 2.45) is 0 Å². The van der Waals surface area contributed by atoms with Gasteiger partial charge >= 0.3 is 0 Å². The summed E-state index contributed by atoms with van der Waals surface area (Å²) in [6, 6.07) is 6.20. The lowest BCUT2D eigenvalue weighted by atomic mass is 10.2. The molecule has 0 aliphatic rings. The van der Waals surface area contributed by atoms with Gasteiger partial charge in [-0.1, -0.05) is 0 Å².